The molecule has 3 N–H and O–H groups in total. The number of aliphatic carboxylic acids is 1. The van der Waals surface area contributed by atoms with Crippen molar-refractivity contribution in [3.05, 3.63) is 34.9 Å². The quantitative estimate of drug-likeness (QED) is 0.830. The predicted octanol–water partition coefficient (Wildman–Crippen LogP) is 0.931. The average molecular weight is 262 g/mol. The average Bonchev–Trinajstić information content (AvgIpc) is 2.76. The molecule has 1 unspecified atom stereocenters. The molecule has 1 aromatic carbocycles. The van der Waals surface area contributed by atoms with Crippen LogP contribution in [0.25, 0.3) is 0 Å². The maximum absolute atomic E-state index is 12.3. The molecule has 1 aromatic rings. The summed E-state index contributed by atoms with van der Waals surface area (Å²) < 4.78 is 0. The maximum atomic E-state index is 12.3. The van der Waals surface area contributed by atoms with E-state index in [-0.39, 0.29) is 12.5 Å². The standard InChI is InChI=1S/C14H18N2O3/c1-9-3-4-11(7-10(9)2)12(17)16-6-5-14(15,8-16)13(18)19/h3-4,7H,5-6,8,15H2,1-2H3,(H,18,19). The number of carbonyl (C=O) groups excluding carboxylic acids is 1. The van der Waals surface area contributed by atoms with Crippen molar-refractivity contribution < 1.29 is 14.7 Å². The molecule has 1 heterocycles. The highest BCUT2D eigenvalue weighted by Gasteiger charge is 2.43. The third-order valence-corrected chi connectivity index (χ3v) is 3.77. The fourth-order valence-corrected chi connectivity index (χ4v) is 2.24. The van der Waals surface area contributed by atoms with E-state index < -0.39 is 11.5 Å². The van der Waals surface area contributed by atoms with Gasteiger partial charge in [0.05, 0.1) is 0 Å². The van der Waals surface area contributed by atoms with Gasteiger partial charge in [0, 0.05) is 18.7 Å². The molecule has 1 saturated heterocycles. The number of benzene rings is 1. The van der Waals surface area contributed by atoms with Crippen molar-refractivity contribution in [2.24, 2.45) is 5.73 Å². The van der Waals surface area contributed by atoms with E-state index in [9.17, 15) is 9.59 Å². The van der Waals surface area contributed by atoms with Crippen LogP contribution in [-0.2, 0) is 4.79 Å². The molecule has 0 aliphatic carbocycles. The zero-order valence-electron chi connectivity index (χ0n) is 11.1. The molecule has 2 rings (SSSR count). The molecule has 0 saturated carbocycles. The molecule has 1 fully saturated rings. The first-order valence-electron chi connectivity index (χ1n) is 6.22. The molecule has 0 radical (unpaired) electrons. The Morgan fingerprint density at radius 1 is 1.32 bits per heavy atom. The van der Waals surface area contributed by atoms with Crippen LogP contribution in [0.3, 0.4) is 0 Å². The van der Waals surface area contributed by atoms with Gasteiger partial charge in [0.15, 0.2) is 0 Å². The number of amides is 1. The molecule has 1 atom stereocenters. The van der Waals surface area contributed by atoms with Gasteiger partial charge in [0.2, 0.25) is 0 Å². The summed E-state index contributed by atoms with van der Waals surface area (Å²) in [6.07, 6.45) is 0.291. The van der Waals surface area contributed by atoms with E-state index in [0.29, 0.717) is 18.5 Å². The first-order chi connectivity index (χ1) is 8.83. The molecule has 5 heteroatoms. The number of aryl methyl sites for hydroxylation is 2. The molecule has 5 nitrogen and oxygen atoms in total. The minimum Gasteiger partial charge on any atom is -0.480 e. The first kappa shape index (κ1) is 13.5. The van der Waals surface area contributed by atoms with Gasteiger partial charge in [-0.2, -0.15) is 0 Å². The van der Waals surface area contributed by atoms with Crippen LogP contribution < -0.4 is 5.73 Å². The Morgan fingerprint density at radius 2 is 2.00 bits per heavy atom. The number of nitrogens with two attached hydrogens (primary N) is 1. The Labute approximate surface area is 112 Å². The van der Waals surface area contributed by atoms with Crippen molar-refractivity contribution >= 4 is 11.9 Å². The summed E-state index contributed by atoms with van der Waals surface area (Å²) >= 11 is 0. The monoisotopic (exact) mass is 262 g/mol. The van der Waals surface area contributed by atoms with Gasteiger partial charge >= 0.3 is 5.97 Å². The molecule has 1 aliphatic heterocycles. The summed E-state index contributed by atoms with van der Waals surface area (Å²) in [7, 11) is 0. The second kappa shape index (κ2) is 4.66. The van der Waals surface area contributed by atoms with Crippen LogP contribution >= 0.6 is 0 Å². The van der Waals surface area contributed by atoms with Crippen molar-refractivity contribution in [3.8, 4) is 0 Å². The van der Waals surface area contributed by atoms with Gasteiger partial charge < -0.3 is 15.7 Å². The van der Waals surface area contributed by atoms with Gasteiger partial charge in [-0.1, -0.05) is 6.07 Å². The van der Waals surface area contributed by atoms with Crippen molar-refractivity contribution in [1.82, 2.24) is 4.90 Å². The van der Waals surface area contributed by atoms with Gasteiger partial charge in [0.25, 0.3) is 5.91 Å². The van der Waals surface area contributed by atoms with E-state index in [1.165, 1.54) is 4.90 Å². The summed E-state index contributed by atoms with van der Waals surface area (Å²) in [5.74, 6) is -1.21. The second-order valence-corrected chi connectivity index (χ2v) is 5.24. The van der Waals surface area contributed by atoms with Crippen LogP contribution in [0.1, 0.15) is 27.9 Å². The summed E-state index contributed by atoms with van der Waals surface area (Å²) in [5, 5.41) is 9.06. The Bertz CT molecular complexity index is 541. The number of nitrogens with zero attached hydrogens (tertiary/aromatic N) is 1. The van der Waals surface area contributed by atoms with Crippen LogP contribution in [0, 0.1) is 13.8 Å². The third kappa shape index (κ3) is 2.46. The molecule has 0 aromatic heterocycles. The van der Waals surface area contributed by atoms with Crippen LogP contribution in [0.4, 0.5) is 0 Å². The number of hydrogen-bond acceptors (Lipinski definition) is 3. The van der Waals surface area contributed by atoms with Crippen molar-refractivity contribution in [1.29, 1.82) is 0 Å². The minimum atomic E-state index is -1.31. The zero-order valence-corrected chi connectivity index (χ0v) is 11.1. The Morgan fingerprint density at radius 3 is 2.53 bits per heavy atom. The van der Waals surface area contributed by atoms with E-state index in [1.807, 2.05) is 26.0 Å². The van der Waals surface area contributed by atoms with Gasteiger partial charge in [0.1, 0.15) is 5.54 Å². The lowest BCUT2D eigenvalue weighted by atomic mass is 10.0. The van der Waals surface area contributed by atoms with Crippen LogP contribution in [0.5, 0.6) is 0 Å². The first-order valence-corrected chi connectivity index (χ1v) is 6.22. The number of hydrogen-bond donors (Lipinski definition) is 2. The summed E-state index contributed by atoms with van der Waals surface area (Å²) in [6, 6.07) is 5.49. The molecule has 1 aliphatic rings. The molecular formula is C14H18N2O3. The molecule has 1 amide bonds. The van der Waals surface area contributed by atoms with Gasteiger partial charge in [-0.3, -0.25) is 9.59 Å². The van der Waals surface area contributed by atoms with Crippen LogP contribution in [-0.4, -0.2) is 40.5 Å². The van der Waals surface area contributed by atoms with Crippen LogP contribution in [0.2, 0.25) is 0 Å². The van der Waals surface area contributed by atoms with E-state index >= 15 is 0 Å². The highest BCUT2D eigenvalue weighted by atomic mass is 16.4. The fourth-order valence-electron chi connectivity index (χ4n) is 2.24. The Balaban J connectivity index is 2.18. The number of carboxylic acid groups (broad SMARTS) is 1. The number of likely N-dealkylation sites (tertiary alicyclic amines) is 1. The number of carboxylic acids is 1. The van der Waals surface area contributed by atoms with Crippen molar-refractivity contribution in [3.63, 3.8) is 0 Å². The topological polar surface area (TPSA) is 83.6 Å². The molecular weight excluding hydrogens is 244 g/mol. The summed E-state index contributed by atoms with van der Waals surface area (Å²) in [4.78, 5) is 24.9. The smallest absolute Gasteiger partial charge is 0.325 e. The second-order valence-electron chi connectivity index (χ2n) is 5.24. The Kier molecular flexibility index (Phi) is 3.32. The summed E-state index contributed by atoms with van der Waals surface area (Å²) in [5.41, 5.74) is 7.21. The lowest BCUT2D eigenvalue weighted by Gasteiger charge is -2.20. The minimum absolute atomic E-state index is 0.0636. The Hall–Kier alpha value is -1.88. The normalized spacial score (nSPS) is 22.6. The fraction of sp³-hybridized carbons (Fsp3) is 0.429. The van der Waals surface area contributed by atoms with Crippen LogP contribution in [0.15, 0.2) is 18.2 Å². The lowest BCUT2D eigenvalue weighted by molar-refractivity contribution is -0.142. The number of rotatable bonds is 2. The summed E-state index contributed by atoms with van der Waals surface area (Å²) in [6.45, 7) is 4.37. The van der Waals surface area contributed by atoms with Gasteiger partial charge in [-0.05, 0) is 43.5 Å². The highest BCUT2D eigenvalue weighted by molar-refractivity contribution is 5.95. The molecule has 19 heavy (non-hydrogen) atoms. The maximum Gasteiger partial charge on any atom is 0.325 e. The zero-order chi connectivity index (χ0) is 14.2. The predicted molar refractivity (Wildman–Crippen MR) is 71.0 cm³/mol. The number of carbonyl (C=O) groups is 2. The SMILES string of the molecule is Cc1ccc(C(=O)N2CCC(N)(C(=O)O)C2)cc1C. The van der Waals surface area contributed by atoms with E-state index in [2.05, 4.69) is 0 Å². The van der Waals surface area contributed by atoms with Gasteiger partial charge in [-0.25, -0.2) is 0 Å². The molecule has 0 bridgehead atoms. The van der Waals surface area contributed by atoms with Crippen molar-refractivity contribution in [2.45, 2.75) is 25.8 Å². The van der Waals surface area contributed by atoms with E-state index in [0.717, 1.165) is 11.1 Å². The largest absolute Gasteiger partial charge is 0.480 e. The highest BCUT2D eigenvalue weighted by Crippen LogP contribution is 2.22. The molecule has 102 valence electrons. The van der Waals surface area contributed by atoms with Gasteiger partial charge in [-0.15, -0.1) is 0 Å². The third-order valence-electron chi connectivity index (χ3n) is 3.77. The van der Waals surface area contributed by atoms with E-state index in [1.54, 1.807) is 6.07 Å². The lowest BCUT2D eigenvalue weighted by Crippen LogP contribution is -2.50. The van der Waals surface area contributed by atoms with E-state index in [4.69, 9.17) is 10.8 Å². The van der Waals surface area contributed by atoms with Crippen molar-refractivity contribution in [2.75, 3.05) is 13.1 Å². The molecule has 0 spiro atoms.